The first kappa shape index (κ1) is 27.8. The number of alkyl halides is 3. The molecule has 0 aromatic heterocycles. The van der Waals surface area contributed by atoms with Crippen LogP contribution in [0.3, 0.4) is 0 Å². The molecular formula is C30H29F4N5O3. The molecule has 3 heterocycles. The molecule has 1 amide bonds. The maximum Gasteiger partial charge on any atom is 0.416 e. The van der Waals surface area contributed by atoms with Crippen LogP contribution in [0, 0.1) is 21.8 Å². The number of halogens is 4. The van der Waals surface area contributed by atoms with E-state index in [4.69, 9.17) is 0 Å². The highest BCUT2D eigenvalue weighted by molar-refractivity contribution is 5.83. The second-order valence-electron chi connectivity index (χ2n) is 10.9. The molecule has 3 aliphatic rings. The molecule has 220 valence electrons. The van der Waals surface area contributed by atoms with Crippen LogP contribution in [-0.2, 0) is 17.4 Å². The van der Waals surface area contributed by atoms with Crippen LogP contribution in [0.2, 0.25) is 0 Å². The molecule has 0 unspecified atom stereocenters. The smallest absolute Gasteiger partial charge is 0.368 e. The molecule has 12 heteroatoms. The molecule has 2 atom stereocenters. The summed E-state index contributed by atoms with van der Waals surface area (Å²) in [5, 5.41) is 11.5. The van der Waals surface area contributed by atoms with Gasteiger partial charge in [-0.3, -0.25) is 14.9 Å². The Bertz CT molecular complexity index is 1490. The van der Waals surface area contributed by atoms with Gasteiger partial charge in [-0.05, 0) is 60.5 Å². The summed E-state index contributed by atoms with van der Waals surface area (Å²) in [7, 11) is 0. The average Bonchev–Trinajstić information content (AvgIpc) is 3.00. The highest BCUT2D eigenvalue weighted by Gasteiger charge is 2.44. The summed E-state index contributed by atoms with van der Waals surface area (Å²) >= 11 is 0. The van der Waals surface area contributed by atoms with Gasteiger partial charge in [0, 0.05) is 75.0 Å². The quantitative estimate of drug-likeness (QED) is 0.246. The summed E-state index contributed by atoms with van der Waals surface area (Å²) in [6.45, 7) is 3.21. The standard InChI is InChI=1S/C30H29F4N5O3/c31-22-4-6-23(7-5-22)37-14-15-38-27-9-8-25(39(41)42)16-20(27)17-26(28(38)19-37)29(40)36-12-10-35(11-13-36)24-3-1-2-21(18-24)30(32,33)34/h1-9,16,18,26,28H,10-15,17,19H2/t26-,28+/m0/s1. The Labute approximate surface area is 239 Å². The van der Waals surface area contributed by atoms with Gasteiger partial charge in [-0.25, -0.2) is 4.39 Å². The van der Waals surface area contributed by atoms with Gasteiger partial charge in [-0.2, -0.15) is 13.2 Å². The number of fused-ring (bicyclic) bond motifs is 3. The average molecular weight is 584 g/mol. The number of non-ortho nitro benzene ring substituents is 1. The van der Waals surface area contributed by atoms with Gasteiger partial charge in [0.15, 0.2) is 0 Å². The van der Waals surface area contributed by atoms with E-state index in [0.717, 1.165) is 29.1 Å². The second kappa shape index (κ2) is 10.8. The zero-order chi connectivity index (χ0) is 29.6. The van der Waals surface area contributed by atoms with Crippen molar-refractivity contribution in [3.8, 4) is 0 Å². The fourth-order valence-corrected chi connectivity index (χ4v) is 6.39. The van der Waals surface area contributed by atoms with Crippen molar-refractivity contribution in [3.63, 3.8) is 0 Å². The van der Waals surface area contributed by atoms with Crippen LogP contribution in [0.25, 0.3) is 0 Å². The van der Waals surface area contributed by atoms with Crippen molar-refractivity contribution in [2.45, 2.75) is 18.6 Å². The highest BCUT2D eigenvalue weighted by atomic mass is 19.4. The molecule has 2 saturated heterocycles. The molecule has 2 fully saturated rings. The molecule has 3 aromatic carbocycles. The van der Waals surface area contributed by atoms with Crippen molar-refractivity contribution in [2.75, 3.05) is 60.5 Å². The first-order valence-corrected chi connectivity index (χ1v) is 13.8. The van der Waals surface area contributed by atoms with Crippen LogP contribution in [0.5, 0.6) is 0 Å². The van der Waals surface area contributed by atoms with Gasteiger partial charge in [-0.1, -0.05) is 6.07 Å². The van der Waals surface area contributed by atoms with Gasteiger partial charge in [0.05, 0.1) is 22.4 Å². The van der Waals surface area contributed by atoms with Gasteiger partial charge < -0.3 is 19.6 Å². The summed E-state index contributed by atoms with van der Waals surface area (Å²) in [5.41, 5.74) is 2.20. The van der Waals surface area contributed by atoms with E-state index in [9.17, 15) is 32.5 Å². The van der Waals surface area contributed by atoms with E-state index >= 15 is 0 Å². The lowest BCUT2D eigenvalue weighted by Gasteiger charge is -2.50. The highest BCUT2D eigenvalue weighted by Crippen LogP contribution is 2.39. The lowest BCUT2D eigenvalue weighted by Crippen LogP contribution is -2.62. The third-order valence-corrected chi connectivity index (χ3v) is 8.55. The number of nitro benzene ring substituents is 1. The lowest BCUT2D eigenvalue weighted by atomic mass is 9.82. The zero-order valence-electron chi connectivity index (χ0n) is 22.6. The van der Waals surface area contributed by atoms with E-state index in [1.54, 1.807) is 35.2 Å². The van der Waals surface area contributed by atoms with Crippen LogP contribution < -0.4 is 14.7 Å². The molecule has 0 saturated carbocycles. The first-order valence-electron chi connectivity index (χ1n) is 13.8. The van der Waals surface area contributed by atoms with Crippen LogP contribution in [-0.4, -0.2) is 67.6 Å². The third-order valence-electron chi connectivity index (χ3n) is 8.55. The Balaban J connectivity index is 1.23. The summed E-state index contributed by atoms with van der Waals surface area (Å²) in [6.07, 6.45) is -4.10. The number of benzene rings is 3. The topological polar surface area (TPSA) is 73.2 Å². The Morgan fingerprint density at radius 1 is 0.857 bits per heavy atom. The maximum atomic E-state index is 14.1. The predicted molar refractivity (Wildman–Crippen MR) is 150 cm³/mol. The van der Waals surface area contributed by atoms with E-state index in [-0.39, 0.29) is 23.5 Å². The van der Waals surface area contributed by atoms with E-state index in [1.165, 1.54) is 24.3 Å². The second-order valence-corrected chi connectivity index (χ2v) is 10.9. The monoisotopic (exact) mass is 583 g/mol. The fourth-order valence-electron chi connectivity index (χ4n) is 6.39. The predicted octanol–water partition coefficient (Wildman–Crippen LogP) is 4.97. The molecule has 0 N–H and O–H groups in total. The Morgan fingerprint density at radius 2 is 1.57 bits per heavy atom. The minimum absolute atomic E-state index is 0.0296. The van der Waals surface area contributed by atoms with E-state index in [0.29, 0.717) is 57.9 Å². The van der Waals surface area contributed by atoms with E-state index in [1.807, 2.05) is 4.90 Å². The van der Waals surface area contributed by atoms with Crippen molar-refractivity contribution < 1.29 is 27.3 Å². The molecule has 0 radical (unpaired) electrons. The molecule has 6 rings (SSSR count). The Morgan fingerprint density at radius 3 is 2.26 bits per heavy atom. The Kier molecular flexibility index (Phi) is 7.15. The molecule has 3 aliphatic heterocycles. The molecule has 42 heavy (non-hydrogen) atoms. The minimum Gasteiger partial charge on any atom is -0.368 e. The maximum absolute atomic E-state index is 14.1. The number of nitrogens with zero attached hydrogens (tertiary/aromatic N) is 5. The number of piperazine rings is 2. The third kappa shape index (κ3) is 5.33. The lowest BCUT2D eigenvalue weighted by molar-refractivity contribution is -0.384. The minimum atomic E-state index is -4.44. The molecule has 3 aromatic rings. The summed E-state index contributed by atoms with van der Waals surface area (Å²) in [4.78, 5) is 33.0. The first-order chi connectivity index (χ1) is 20.1. The van der Waals surface area contributed by atoms with Crippen LogP contribution >= 0.6 is 0 Å². The number of amides is 1. The number of hydrogen-bond donors (Lipinski definition) is 0. The van der Waals surface area contributed by atoms with Crippen LogP contribution in [0.1, 0.15) is 11.1 Å². The normalized spacial score (nSPS) is 20.7. The number of nitro groups is 1. The fraction of sp³-hybridized carbons (Fsp3) is 0.367. The molecule has 0 aliphatic carbocycles. The van der Waals surface area contributed by atoms with Crippen molar-refractivity contribution in [2.24, 2.45) is 5.92 Å². The van der Waals surface area contributed by atoms with Crippen molar-refractivity contribution in [1.29, 1.82) is 0 Å². The largest absolute Gasteiger partial charge is 0.416 e. The SMILES string of the molecule is O=C([C@H]1Cc2cc([N+](=O)[O-])ccc2N2CCN(c3ccc(F)cc3)C[C@H]12)N1CCN(c2cccc(C(F)(F)F)c2)CC1. The summed E-state index contributed by atoms with van der Waals surface area (Å²) in [6, 6.07) is 16.0. The molecule has 0 spiro atoms. The van der Waals surface area contributed by atoms with Gasteiger partial charge in [0.1, 0.15) is 5.82 Å². The van der Waals surface area contributed by atoms with Crippen LogP contribution in [0.15, 0.2) is 66.7 Å². The van der Waals surface area contributed by atoms with E-state index in [2.05, 4.69) is 9.80 Å². The van der Waals surface area contributed by atoms with Crippen molar-refractivity contribution in [1.82, 2.24) is 4.90 Å². The van der Waals surface area contributed by atoms with Crippen LogP contribution in [0.4, 0.5) is 40.3 Å². The zero-order valence-corrected chi connectivity index (χ0v) is 22.6. The van der Waals surface area contributed by atoms with Gasteiger partial charge in [0.25, 0.3) is 5.69 Å². The Hall–Kier alpha value is -4.35. The van der Waals surface area contributed by atoms with Crippen molar-refractivity contribution in [3.05, 3.63) is 93.8 Å². The summed E-state index contributed by atoms with van der Waals surface area (Å²) in [5.74, 6) is -0.891. The number of carbonyl (C=O) groups excluding carboxylic acids is 1. The van der Waals surface area contributed by atoms with Crippen molar-refractivity contribution >= 4 is 28.7 Å². The molecule has 0 bridgehead atoms. The molecule has 8 nitrogen and oxygen atoms in total. The number of anilines is 3. The van der Waals surface area contributed by atoms with E-state index < -0.39 is 22.6 Å². The van der Waals surface area contributed by atoms with Gasteiger partial charge in [-0.15, -0.1) is 0 Å². The van der Waals surface area contributed by atoms with Gasteiger partial charge >= 0.3 is 6.18 Å². The number of carbonyl (C=O) groups is 1. The van der Waals surface area contributed by atoms with Gasteiger partial charge in [0.2, 0.25) is 5.91 Å². The summed E-state index contributed by atoms with van der Waals surface area (Å²) < 4.78 is 53.3. The number of rotatable bonds is 4. The number of hydrogen-bond acceptors (Lipinski definition) is 6. The molecular weight excluding hydrogens is 554 g/mol.